The quantitative estimate of drug-likeness (QED) is 0.856. The Morgan fingerprint density at radius 3 is 2.10 bits per heavy atom. The van der Waals surface area contributed by atoms with E-state index in [0.29, 0.717) is 17.9 Å². The van der Waals surface area contributed by atoms with Gasteiger partial charge in [0, 0.05) is 35.1 Å². The summed E-state index contributed by atoms with van der Waals surface area (Å²) in [5, 5.41) is 3.31. The van der Waals surface area contributed by atoms with Crippen LogP contribution in [0.15, 0.2) is 18.2 Å². The first-order valence-electron chi connectivity index (χ1n) is 7.02. The van der Waals surface area contributed by atoms with Crippen molar-refractivity contribution >= 4 is 0 Å². The maximum Gasteiger partial charge on any atom is 0.159 e. The van der Waals surface area contributed by atoms with Crippen LogP contribution in [-0.4, -0.2) is 16.5 Å². The van der Waals surface area contributed by atoms with Crippen molar-refractivity contribution < 1.29 is 8.78 Å². The predicted octanol–water partition coefficient (Wildman–Crippen LogP) is 3.54. The molecule has 21 heavy (non-hydrogen) atoms. The molecule has 0 aliphatic carbocycles. The molecule has 0 spiro atoms. The average Bonchev–Trinajstić information content (AvgIpc) is 2.40. The number of halogens is 2. The zero-order valence-electron chi connectivity index (χ0n) is 12.5. The summed E-state index contributed by atoms with van der Waals surface area (Å²) in [7, 11) is 0. The molecule has 1 heterocycles. The largest absolute Gasteiger partial charge is 0.313 e. The van der Waals surface area contributed by atoms with Gasteiger partial charge in [-0.15, -0.1) is 0 Å². The van der Waals surface area contributed by atoms with E-state index in [1.165, 1.54) is 12.1 Å². The molecule has 2 aromatic rings. The SMILES string of the molecule is CCCNCc1c(C)nc(-c2cc(F)cc(F)c2)nc1C. The van der Waals surface area contributed by atoms with Crippen LogP contribution in [0.25, 0.3) is 11.4 Å². The van der Waals surface area contributed by atoms with Gasteiger partial charge in [-0.2, -0.15) is 0 Å². The van der Waals surface area contributed by atoms with Crippen LogP contribution in [0.3, 0.4) is 0 Å². The van der Waals surface area contributed by atoms with Gasteiger partial charge in [0.2, 0.25) is 0 Å². The Morgan fingerprint density at radius 1 is 1.00 bits per heavy atom. The van der Waals surface area contributed by atoms with E-state index in [2.05, 4.69) is 22.2 Å². The number of hydrogen-bond acceptors (Lipinski definition) is 3. The van der Waals surface area contributed by atoms with Crippen molar-refractivity contribution in [3.63, 3.8) is 0 Å². The third kappa shape index (κ3) is 3.82. The molecule has 0 saturated heterocycles. The van der Waals surface area contributed by atoms with Gasteiger partial charge in [-0.1, -0.05) is 6.92 Å². The van der Waals surface area contributed by atoms with E-state index < -0.39 is 11.6 Å². The molecule has 2 rings (SSSR count). The molecular formula is C16H19F2N3. The Morgan fingerprint density at radius 2 is 1.57 bits per heavy atom. The highest BCUT2D eigenvalue weighted by molar-refractivity contribution is 5.56. The standard InChI is InChI=1S/C16H19F2N3/c1-4-5-19-9-15-10(2)20-16(21-11(15)3)12-6-13(17)8-14(18)7-12/h6-8,19H,4-5,9H2,1-3H3. The topological polar surface area (TPSA) is 37.8 Å². The first-order valence-corrected chi connectivity index (χ1v) is 7.02. The summed E-state index contributed by atoms with van der Waals surface area (Å²) in [6.45, 7) is 7.50. The fourth-order valence-corrected chi connectivity index (χ4v) is 2.20. The third-order valence-electron chi connectivity index (χ3n) is 3.27. The van der Waals surface area contributed by atoms with E-state index in [1.54, 1.807) is 0 Å². The molecule has 0 aliphatic heterocycles. The van der Waals surface area contributed by atoms with E-state index in [0.717, 1.165) is 36.0 Å². The van der Waals surface area contributed by atoms with Gasteiger partial charge in [0.05, 0.1) is 0 Å². The second-order valence-corrected chi connectivity index (χ2v) is 5.03. The van der Waals surface area contributed by atoms with E-state index in [9.17, 15) is 8.78 Å². The summed E-state index contributed by atoms with van der Waals surface area (Å²) in [6, 6.07) is 3.32. The van der Waals surface area contributed by atoms with E-state index in [4.69, 9.17) is 0 Å². The van der Waals surface area contributed by atoms with Gasteiger partial charge >= 0.3 is 0 Å². The molecule has 0 bridgehead atoms. The van der Waals surface area contributed by atoms with Gasteiger partial charge in [-0.25, -0.2) is 18.7 Å². The summed E-state index contributed by atoms with van der Waals surface area (Å²) in [5.74, 6) is -0.905. The highest BCUT2D eigenvalue weighted by Crippen LogP contribution is 2.21. The molecular weight excluding hydrogens is 272 g/mol. The molecule has 0 atom stereocenters. The Balaban J connectivity index is 2.34. The zero-order chi connectivity index (χ0) is 15.4. The molecule has 5 heteroatoms. The van der Waals surface area contributed by atoms with Crippen molar-refractivity contribution in [3.8, 4) is 11.4 Å². The summed E-state index contributed by atoms with van der Waals surface area (Å²) in [4.78, 5) is 8.76. The molecule has 1 N–H and O–H groups in total. The molecule has 0 amide bonds. The lowest BCUT2D eigenvalue weighted by Crippen LogP contribution is -2.17. The van der Waals surface area contributed by atoms with Crippen molar-refractivity contribution in [1.29, 1.82) is 0 Å². The number of aryl methyl sites for hydroxylation is 2. The molecule has 0 saturated carbocycles. The number of nitrogens with one attached hydrogen (secondary N) is 1. The lowest BCUT2D eigenvalue weighted by Gasteiger charge is -2.12. The molecule has 0 radical (unpaired) electrons. The van der Waals surface area contributed by atoms with Crippen molar-refractivity contribution in [2.24, 2.45) is 0 Å². The average molecular weight is 291 g/mol. The first kappa shape index (κ1) is 15.5. The summed E-state index contributed by atoms with van der Waals surface area (Å²) in [5.41, 5.74) is 3.03. The number of benzene rings is 1. The highest BCUT2D eigenvalue weighted by atomic mass is 19.1. The molecule has 0 aliphatic rings. The summed E-state index contributed by atoms with van der Waals surface area (Å²) >= 11 is 0. The van der Waals surface area contributed by atoms with Crippen LogP contribution >= 0.6 is 0 Å². The number of aromatic nitrogens is 2. The smallest absolute Gasteiger partial charge is 0.159 e. The summed E-state index contributed by atoms with van der Waals surface area (Å²) in [6.07, 6.45) is 1.06. The second-order valence-electron chi connectivity index (χ2n) is 5.03. The minimum Gasteiger partial charge on any atom is -0.313 e. The molecule has 0 fully saturated rings. The summed E-state index contributed by atoms with van der Waals surface area (Å²) < 4.78 is 26.6. The van der Waals surface area contributed by atoms with Crippen LogP contribution in [0.1, 0.15) is 30.3 Å². The van der Waals surface area contributed by atoms with Crippen LogP contribution in [0.4, 0.5) is 8.78 Å². The van der Waals surface area contributed by atoms with Crippen LogP contribution in [0.2, 0.25) is 0 Å². The Bertz CT molecular complexity index is 598. The molecule has 1 aromatic carbocycles. The van der Waals surface area contributed by atoms with Gasteiger partial charge < -0.3 is 5.32 Å². The molecule has 1 aromatic heterocycles. The Kier molecular flexibility index (Phi) is 4.96. The Labute approximate surface area is 123 Å². The number of hydrogen-bond donors (Lipinski definition) is 1. The normalized spacial score (nSPS) is 10.9. The maximum absolute atomic E-state index is 13.3. The highest BCUT2D eigenvalue weighted by Gasteiger charge is 2.11. The number of nitrogens with zero attached hydrogens (tertiary/aromatic N) is 2. The molecule has 112 valence electrons. The van der Waals surface area contributed by atoms with Crippen LogP contribution in [-0.2, 0) is 6.54 Å². The van der Waals surface area contributed by atoms with Gasteiger partial charge in [0.15, 0.2) is 5.82 Å². The fraction of sp³-hybridized carbons (Fsp3) is 0.375. The van der Waals surface area contributed by atoms with E-state index in [1.807, 2.05) is 13.8 Å². The minimum atomic E-state index is -0.627. The van der Waals surface area contributed by atoms with Crippen molar-refractivity contribution in [2.75, 3.05) is 6.54 Å². The zero-order valence-corrected chi connectivity index (χ0v) is 12.5. The van der Waals surface area contributed by atoms with E-state index >= 15 is 0 Å². The Hall–Kier alpha value is -1.88. The minimum absolute atomic E-state index is 0.350. The van der Waals surface area contributed by atoms with Crippen LogP contribution < -0.4 is 5.32 Å². The third-order valence-corrected chi connectivity index (χ3v) is 3.27. The molecule has 0 unspecified atom stereocenters. The van der Waals surface area contributed by atoms with Crippen LogP contribution in [0.5, 0.6) is 0 Å². The van der Waals surface area contributed by atoms with Crippen LogP contribution in [0, 0.1) is 25.5 Å². The lowest BCUT2D eigenvalue weighted by atomic mass is 10.1. The van der Waals surface area contributed by atoms with Gasteiger partial charge in [-0.05, 0) is 38.9 Å². The van der Waals surface area contributed by atoms with Gasteiger partial charge in [0.25, 0.3) is 0 Å². The van der Waals surface area contributed by atoms with Gasteiger partial charge in [0.1, 0.15) is 11.6 Å². The van der Waals surface area contributed by atoms with Crippen molar-refractivity contribution in [2.45, 2.75) is 33.7 Å². The monoisotopic (exact) mass is 291 g/mol. The van der Waals surface area contributed by atoms with E-state index in [-0.39, 0.29) is 0 Å². The maximum atomic E-state index is 13.3. The van der Waals surface area contributed by atoms with Crippen molar-refractivity contribution in [1.82, 2.24) is 15.3 Å². The first-order chi connectivity index (χ1) is 10.0. The predicted molar refractivity (Wildman–Crippen MR) is 78.9 cm³/mol. The number of rotatable bonds is 5. The lowest BCUT2D eigenvalue weighted by molar-refractivity contribution is 0.584. The molecule has 3 nitrogen and oxygen atoms in total. The second kappa shape index (κ2) is 6.72. The van der Waals surface area contributed by atoms with Crippen molar-refractivity contribution in [3.05, 3.63) is 46.8 Å². The fourth-order valence-electron chi connectivity index (χ4n) is 2.20. The van der Waals surface area contributed by atoms with Gasteiger partial charge in [-0.3, -0.25) is 0 Å².